The number of rotatable bonds is 6. The smallest absolute Gasteiger partial charge is 0.243 e. The third-order valence-electron chi connectivity index (χ3n) is 4.09. The van der Waals surface area contributed by atoms with Crippen molar-refractivity contribution in [2.45, 2.75) is 53.4 Å². The molecule has 1 atom stereocenters. The average molecular weight is 310 g/mol. The van der Waals surface area contributed by atoms with Crippen LogP contribution in [0.1, 0.15) is 62.5 Å². The molecular weight excluding hydrogens is 284 g/mol. The number of hydrazone groups is 1. The van der Waals surface area contributed by atoms with E-state index in [9.17, 15) is 0 Å². The molecule has 0 saturated heterocycles. The molecule has 0 aliphatic rings. The summed E-state index contributed by atoms with van der Waals surface area (Å²) >= 11 is 0. The lowest BCUT2D eigenvalue weighted by Gasteiger charge is -2.14. The van der Waals surface area contributed by atoms with E-state index in [2.05, 4.69) is 65.5 Å². The van der Waals surface area contributed by atoms with Crippen molar-refractivity contribution < 1.29 is 0 Å². The number of aromatic nitrogens is 2. The summed E-state index contributed by atoms with van der Waals surface area (Å²) in [5, 5.41) is 4.50. The molecule has 0 amide bonds. The molecule has 1 aromatic carbocycles. The molecule has 2 aromatic rings. The molecule has 1 N–H and O–H groups in total. The van der Waals surface area contributed by atoms with Gasteiger partial charge in [0.05, 0.1) is 5.71 Å². The van der Waals surface area contributed by atoms with Crippen molar-refractivity contribution in [2.24, 2.45) is 5.10 Å². The minimum atomic E-state index is 0.512. The van der Waals surface area contributed by atoms with Crippen LogP contribution in [0.4, 0.5) is 5.95 Å². The Labute approximate surface area is 139 Å². The largest absolute Gasteiger partial charge is 0.245 e. The van der Waals surface area contributed by atoms with Crippen LogP contribution < -0.4 is 5.43 Å². The van der Waals surface area contributed by atoms with E-state index < -0.39 is 0 Å². The fourth-order valence-corrected chi connectivity index (χ4v) is 2.54. The first-order valence-electron chi connectivity index (χ1n) is 8.29. The van der Waals surface area contributed by atoms with E-state index >= 15 is 0 Å². The Balaban J connectivity index is 2.26. The maximum Gasteiger partial charge on any atom is 0.243 e. The van der Waals surface area contributed by atoms with Crippen LogP contribution in [0.15, 0.2) is 35.4 Å². The highest BCUT2D eigenvalue weighted by Crippen LogP contribution is 2.23. The first-order valence-corrected chi connectivity index (χ1v) is 8.29. The molecule has 4 heteroatoms. The van der Waals surface area contributed by atoms with E-state index in [4.69, 9.17) is 0 Å². The van der Waals surface area contributed by atoms with Crippen molar-refractivity contribution in [3.05, 3.63) is 52.8 Å². The van der Waals surface area contributed by atoms with Crippen molar-refractivity contribution >= 4 is 11.7 Å². The predicted molar refractivity (Wildman–Crippen MR) is 97.1 cm³/mol. The van der Waals surface area contributed by atoms with Gasteiger partial charge in [0.25, 0.3) is 0 Å². The number of benzene rings is 1. The van der Waals surface area contributed by atoms with Gasteiger partial charge < -0.3 is 0 Å². The van der Waals surface area contributed by atoms with Crippen LogP contribution in [0.2, 0.25) is 0 Å². The third kappa shape index (κ3) is 4.38. The molecule has 0 spiro atoms. The number of hydrogen-bond donors (Lipinski definition) is 1. The molecule has 0 radical (unpaired) electrons. The van der Waals surface area contributed by atoms with Crippen LogP contribution in [0.25, 0.3) is 0 Å². The second-order valence-electron chi connectivity index (χ2n) is 5.88. The van der Waals surface area contributed by atoms with Gasteiger partial charge in [0.15, 0.2) is 0 Å². The number of nitrogens with zero attached hydrogens (tertiary/aromatic N) is 3. The lowest BCUT2D eigenvalue weighted by Crippen LogP contribution is -2.07. The quantitative estimate of drug-likeness (QED) is 0.621. The van der Waals surface area contributed by atoms with Gasteiger partial charge in [-0.2, -0.15) is 5.10 Å². The summed E-state index contributed by atoms with van der Waals surface area (Å²) in [6.07, 6.45) is 2.00. The number of hydrogen-bond acceptors (Lipinski definition) is 4. The topological polar surface area (TPSA) is 50.2 Å². The Morgan fingerprint density at radius 1 is 1.22 bits per heavy atom. The zero-order valence-corrected chi connectivity index (χ0v) is 14.7. The van der Waals surface area contributed by atoms with Gasteiger partial charge in [0.2, 0.25) is 5.95 Å². The number of aryl methyl sites for hydroxylation is 2. The molecule has 122 valence electrons. The highest BCUT2D eigenvalue weighted by atomic mass is 15.4. The van der Waals surface area contributed by atoms with Gasteiger partial charge in [-0.15, -0.1) is 0 Å². The van der Waals surface area contributed by atoms with Gasteiger partial charge in [-0.3, -0.25) is 0 Å². The first kappa shape index (κ1) is 17.1. The molecule has 0 saturated carbocycles. The predicted octanol–water partition coefficient (Wildman–Crippen LogP) is 4.70. The standard InChI is InChI=1S/C19H26N4/c1-6-13(3)17-10-8-9-11-18(17)15(5)22-23-19-20-14(4)12-16(7-2)21-19/h8-13H,6-7H2,1-5H3,(H,20,21,23). The highest BCUT2D eigenvalue weighted by molar-refractivity contribution is 6.00. The lowest BCUT2D eigenvalue weighted by molar-refractivity contribution is 0.732. The Morgan fingerprint density at radius 2 is 1.96 bits per heavy atom. The van der Waals surface area contributed by atoms with Crippen molar-refractivity contribution in [2.75, 3.05) is 5.43 Å². The summed E-state index contributed by atoms with van der Waals surface area (Å²) in [6.45, 7) is 10.5. The molecule has 23 heavy (non-hydrogen) atoms. The minimum absolute atomic E-state index is 0.512. The van der Waals surface area contributed by atoms with Gasteiger partial charge in [-0.05, 0) is 44.2 Å². The van der Waals surface area contributed by atoms with E-state index in [1.807, 2.05) is 19.9 Å². The summed E-state index contributed by atoms with van der Waals surface area (Å²) in [4.78, 5) is 8.85. The summed E-state index contributed by atoms with van der Waals surface area (Å²) in [5.41, 5.74) is 8.44. The molecule has 0 bridgehead atoms. The van der Waals surface area contributed by atoms with Crippen LogP contribution in [0.5, 0.6) is 0 Å². The van der Waals surface area contributed by atoms with Gasteiger partial charge in [-0.25, -0.2) is 15.4 Å². The number of anilines is 1. The second kappa shape index (κ2) is 7.86. The van der Waals surface area contributed by atoms with Crippen LogP contribution in [-0.4, -0.2) is 15.7 Å². The molecule has 1 aromatic heterocycles. The number of nitrogens with one attached hydrogen (secondary N) is 1. The zero-order chi connectivity index (χ0) is 16.8. The monoisotopic (exact) mass is 310 g/mol. The minimum Gasteiger partial charge on any atom is -0.245 e. The van der Waals surface area contributed by atoms with Crippen molar-refractivity contribution in [1.82, 2.24) is 9.97 Å². The van der Waals surface area contributed by atoms with Gasteiger partial charge in [-0.1, -0.05) is 45.0 Å². The zero-order valence-electron chi connectivity index (χ0n) is 14.7. The van der Waals surface area contributed by atoms with Crippen molar-refractivity contribution in [3.63, 3.8) is 0 Å². The maximum atomic E-state index is 4.50. The van der Waals surface area contributed by atoms with Gasteiger partial charge in [0, 0.05) is 17.0 Å². The normalized spacial score (nSPS) is 13.0. The molecule has 1 heterocycles. The summed E-state index contributed by atoms with van der Waals surface area (Å²) in [5.74, 6) is 1.07. The average Bonchev–Trinajstić information content (AvgIpc) is 2.58. The molecular formula is C19H26N4. The Kier molecular flexibility index (Phi) is 5.85. The van der Waals surface area contributed by atoms with Crippen LogP contribution in [-0.2, 0) is 6.42 Å². The SMILES string of the molecule is CCc1cc(C)nc(NN=C(C)c2ccccc2C(C)CC)n1. The van der Waals surface area contributed by atoms with Gasteiger partial charge in [0.1, 0.15) is 0 Å². The first-order chi connectivity index (χ1) is 11.0. The molecule has 0 aliphatic carbocycles. The van der Waals surface area contributed by atoms with E-state index in [1.165, 1.54) is 11.1 Å². The van der Waals surface area contributed by atoms with E-state index in [1.54, 1.807) is 0 Å². The van der Waals surface area contributed by atoms with E-state index in [0.29, 0.717) is 11.9 Å². The van der Waals surface area contributed by atoms with Crippen molar-refractivity contribution in [3.8, 4) is 0 Å². The summed E-state index contributed by atoms with van der Waals surface area (Å²) < 4.78 is 0. The molecule has 0 fully saturated rings. The van der Waals surface area contributed by atoms with Gasteiger partial charge >= 0.3 is 0 Å². The summed E-state index contributed by atoms with van der Waals surface area (Å²) in [7, 11) is 0. The Hall–Kier alpha value is -2.23. The van der Waals surface area contributed by atoms with E-state index in [-0.39, 0.29) is 0 Å². The van der Waals surface area contributed by atoms with E-state index in [0.717, 1.165) is 29.9 Å². The van der Waals surface area contributed by atoms with Crippen LogP contribution in [0.3, 0.4) is 0 Å². The lowest BCUT2D eigenvalue weighted by atomic mass is 9.92. The fourth-order valence-electron chi connectivity index (χ4n) is 2.54. The molecule has 0 aliphatic heterocycles. The van der Waals surface area contributed by atoms with Crippen LogP contribution in [0, 0.1) is 6.92 Å². The van der Waals surface area contributed by atoms with Crippen LogP contribution >= 0.6 is 0 Å². The third-order valence-corrected chi connectivity index (χ3v) is 4.09. The molecule has 2 rings (SSSR count). The highest BCUT2D eigenvalue weighted by Gasteiger charge is 2.10. The fraction of sp³-hybridized carbons (Fsp3) is 0.421. The summed E-state index contributed by atoms with van der Waals surface area (Å²) in [6, 6.07) is 10.4. The van der Waals surface area contributed by atoms with Crippen molar-refractivity contribution in [1.29, 1.82) is 0 Å². The maximum absolute atomic E-state index is 4.50. The molecule has 1 unspecified atom stereocenters. The Bertz CT molecular complexity index is 692. The Morgan fingerprint density at radius 3 is 2.65 bits per heavy atom. The second-order valence-corrected chi connectivity index (χ2v) is 5.88. The molecule has 4 nitrogen and oxygen atoms in total.